The summed E-state index contributed by atoms with van der Waals surface area (Å²) < 4.78 is 10.9. The van der Waals surface area contributed by atoms with Gasteiger partial charge in [-0.25, -0.2) is 0 Å². The lowest BCUT2D eigenvalue weighted by Crippen LogP contribution is -2.23. The Labute approximate surface area is 175 Å². The molecule has 1 N–H and O–H groups in total. The second kappa shape index (κ2) is 10.5. The zero-order chi connectivity index (χ0) is 20.5. The molecule has 150 valence electrons. The van der Waals surface area contributed by atoms with Gasteiger partial charge < -0.3 is 14.8 Å². The van der Waals surface area contributed by atoms with Crippen LogP contribution in [0.4, 0.5) is 0 Å². The molecule has 0 aliphatic heterocycles. The van der Waals surface area contributed by atoms with E-state index in [0.717, 1.165) is 22.6 Å². The largest absolute Gasteiger partial charge is 0.495 e. The van der Waals surface area contributed by atoms with Crippen molar-refractivity contribution in [1.29, 1.82) is 0 Å². The average Bonchev–Trinajstić information content (AvgIpc) is 2.76. The highest BCUT2D eigenvalue weighted by Crippen LogP contribution is 2.25. The predicted octanol–water partition coefficient (Wildman–Crippen LogP) is 4.57. The van der Waals surface area contributed by atoms with Gasteiger partial charge in [-0.1, -0.05) is 35.9 Å². The molecule has 1 aromatic heterocycles. The monoisotopic (exact) mass is 410 g/mol. The number of carbonyl (C=O) groups excluding carboxylic acids is 1. The van der Waals surface area contributed by atoms with Crippen LogP contribution in [0.3, 0.4) is 0 Å². The molecule has 29 heavy (non-hydrogen) atoms. The number of aromatic nitrogens is 1. The number of carbonyl (C=O) groups is 1. The fourth-order valence-corrected chi connectivity index (χ4v) is 3.08. The molecule has 1 amide bonds. The van der Waals surface area contributed by atoms with Crippen LogP contribution in [-0.4, -0.2) is 18.0 Å². The Bertz CT molecular complexity index is 948. The number of hydrogen-bond acceptors (Lipinski definition) is 4. The standard InChI is InChI=1S/C23H23ClN2O3/c1-28-22-10-8-17(14-21(22)24)9-11-23(27)26-15-18-5-4-7-20(13-18)29-16-19-6-2-3-12-25-19/h2-8,10,12-14H,9,11,15-16H2,1H3,(H,26,27). The zero-order valence-corrected chi connectivity index (χ0v) is 17.0. The van der Waals surface area contributed by atoms with Crippen molar-refractivity contribution >= 4 is 17.5 Å². The summed E-state index contributed by atoms with van der Waals surface area (Å²) >= 11 is 6.12. The number of pyridine rings is 1. The normalized spacial score (nSPS) is 10.4. The minimum atomic E-state index is -0.0169. The summed E-state index contributed by atoms with van der Waals surface area (Å²) in [5, 5.41) is 3.49. The van der Waals surface area contributed by atoms with E-state index < -0.39 is 0 Å². The van der Waals surface area contributed by atoms with Gasteiger partial charge in [-0.15, -0.1) is 0 Å². The van der Waals surface area contributed by atoms with Crippen molar-refractivity contribution in [3.63, 3.8) is 0 Å². The molecule has 1 heterocycles. The SMILES string of the molecule is COc1ccc(CCC(=O)NCc2cccc(OCc3ccccn3)c2)cc1Cl. The maximum Gasteiger partial charge on any atom is 0.220 e. The first kappa shape index (κ1) is 20.7. The first-order valence-electron chi connectivity index (χ1n) is 9.35. The van der Waals surface area contributed by atoms with Crippen LogP contribution < -0.4 is 14.8 Å². The number of methoxy groups -OCH3 is 1. The third-order valence-electron chi connectivity index (χ3n) is 4.36. The van der Waals surface area contributed by atoms with Crippen molar-refractivity contribution < 1.29 is 14.3 Å². The third kappa shape index (κ3) is 6.50. The van der Waals surface area contributed by atoms with Gasteiger partial charge in [0.15, 0.2) is 0 Å². The predicted molar refractivity (Wildman–Crippen MR) is 113 cm³/mol. The number of amides is 1. The van der Waals surface area contributed by atoms with Crippen LogP contribution in [0.25, 0.3) is 0 Å². The quantitative estimate of drug-likeness (QED) is 0.561. The number of rotatable bonds is 9. The maximum atomic E-state index is 12.2. The Balaban J connectivity index is 1.45. The Morgan fingerprint density at radius 1 is 1.07 bits per heavy atom. The van der Waals surface area contributed by atoms with Crippen molar-refractivity contribution in [3.05, 3.63) is 88.7 Å². The highest BCUT2D eigenvalue weighted by Gasteiger charge is 2.06. The van der Waals surface area contributed by atoms with Gasteiger partial charge in [0.05, 0.1) is 17.8 Å². The fraction of sp³-hybridized carbons (Fsp3) is 0.217. The Kier molecular flexibility index (Phi) is 7.47. The number of halogens is 1. The number of nitrogens with zero attached hydrogens (tertiary/aromatic N) is 1. The lowest BCUT2D eigenvalue weighted by atomic mass is 10.1. The number of ether oxygens (including phenoxy) is 2. The minimum absolute atomic E-state index is 0.0169. The van der Waals surface area contributed by atoms with Gasteiger partial charge in [0.2, 0.25) is 5.91 Å². The minimum Gasteiger partial charge on any atom is -0.495 e. The van der Waals surface area contributed by atoms with Gasteiger partial charge in [0.25, 0.3) is 0 Å². The average molecular weight is 411 g/mol. The summed E-state index contributed by atoms with van der Waals surface area (Å²) in [7, 11) is 1.58. The van der Waals surface area contributed by atoms with E-state index in [0.29, 0.717) is 36.8 Å². The van der Waals surface area contributed by atoms with Crippen LogP contribution in [0.5, 0.6) is 11.5 Å². The Hall–Kier alpha value is -3.05. The third-order valence-corrected chi connectivity index (χ3v) is 4.65. The van der Waals surface area contributed by atoms with Crippen LogP contribution in [0.15, 0.2) is 66.9 Å². The van der Waals surface area contributed by atoms with Crippen LogP contribution >= 0.6 is 11.6 Å². The molecule has 0 bridgehead atoms. The summed E-state index contributed by atoms with van der Waals surface area (Å²) in [5.41, 5.74) is 2.84. The van der Waals surface area contributed by atoms with Crippen LogP contribution in [-0.2, 0) is 24.4 Å². The highest BCUT2D eigenvalue weighted by molar-refractivity contribution is 6.32. The van der Waals surface area contributed by atoms with E-state index in [-0.39, 0.29) is 5.91 Å². The molecule has 5 nitrogen and oxygen atoms in total. The van der Waals surface area contributed by atoms with E-state index in [2.05, 4.69) is 10.3 Å². The van der Waals surface area contributed by atoms with Crippen molar-refractivity contribution in [1.82, 2.24) is 10.3 Å². The first-order valence-corrected chi connectivity index (χ1v) is 9.72. The molecule has 0 saturated carbocycles. The molecule has 3 rings (SSSR count). The zero-order valence-electron chi connectivity index (χ0n) is 16.2. The van der Waals surface area contributed by atoms with Crippen molar-refractivity contribution in [2.75, 3.05) is 7.11 Å². The van der Waals surface area contributed by atoms with E-state index in [1.165, 1.54) is 0 Å². The topological polar surface area (TPSA) is 60.5 Å². The molecule has 0 unspecified atom stereocenters. The number of benzene rings is 2. The molecule has 0 spiro atoms. The maximum absolute atomic E-state index is 12.2. The molecule has 0 aliphatic carbocycles. The van der Waals surface area contributed by atoms with Gasteiger partial charge in [-0.3, -0.25) is 9.78 Å². The van der Waals surface area contributed by atoms with Crippen LogP contribution in [0.1, 0.15) is 23.2 Å². The summed E-state index contributed by atoms with van der Waals surface area (Å²) in [6.45, 7) is 0.851. The van der Waals surface area contributed by atoms with Gasteiger partial charge in [0, 0.05) is 19.2 Å². The second-order valence-corrected chi connectivity index (χ2v) is 6.91. The Morgan fingerprint density at radius 2 is 1.97 bits per heavy atom. The molecular weight excluding hydrogens is 388 g/mol. The molecular formula is C23H23ClN2O3. The molecule has 3 aromatic rings. The van der Waals surface area contributed by atoms with Crippen molar-refractivity contribution in [3.8, 4) is 11.5 Å². The van der Waals surface area contributed by atoms with Crippen molar-refractivity contribution in [2.45, 2.75) is 26.0 Å². The smallest absolute Gasteiger partial charge is 0.220 e. The lowest BCUT2D eigenvalue weighted by molar-refractivity contribution is -0.121. The van der Waals surface area contributed by atoms with Gasteiger partial charge in [-0.05, 0) is 53.9 Å². The first-order chi connectivity index (χ1) is 14.1. The van der Waals surface area contributed by atoms with E-state index >= 15 is 0 Å². The Morgan fingerprint density at radius 3 is 2.72 bits per heavy atom. The molecule has 0 atom stereocenters. The molecule has 6 heteroatoms. The van der Waals surface area contributed by atoms with Crippen LogP contribution in [0.2, 0.25) is 5.02 Å². The molecule has 2 aromatic carbocycles. The number of aryl methyl sites for hydroxylation is 1. The van der Waals surface area contributed by atoms with Crippen LogP contribution in [0, 0.1) is 0 Å². The second-order valence-electron chi connectivity index (χ2n) is 6.50. The molecule has 0 saturated heterocycles. The van der Waals surface area contributed by atoms with E-state index in [1.807, 2.05) is 60.7 Å². The van der Waals surface area contributed by atoms with Gasteiger partial charge in [-0.2, -0.15) is 0 Å². The fourth-order valence-electron chi connectivity index (χ4n) is 2.80. The van der Waals surface area contributed by atoms with E-state index in [1.54, 1.807) is 13.3 Å². The van der Waals surface area contributed by atoms with Gasteiger partial charge >= 0.3 is 0 Å². The molecule has 0 aliphatic rings. The summed E-state index contributed by atoms with van der Waals surface area (Å²) in [4.78, 5) is 16.4. The number of nitrogens with one attached hydrogen (secondary N) is 1. The summed E-state index contributed by atoms with van der Waals surface area (Å²) in [5.74, 6) is 1.36. The summed E-state index contributed by atoms with van der Waals surface area (Å²) in [6.07, 6.45) is 2.74. The molecule has 0 radical (unpaired) electrons. The lowest BCUT2D eigenvalue weighted by Gasteiger charge is -2.09. The van der Waals surface area contributed by atoms with Gasteiger partial charge in [0.1, 0.15) is 18.1 Å². The highest BCUT2D eigenvalue weighted by atomic mass is 35.5. The van der Waals surface area contributed by atoms with E-state index in [4.69, 9.17) is 21.1 Å². The van der Waals surface area contributed by atoms with E-state index in [9.17, 15) is 4.79 Å². The molecule has 0 fully saturated rings. The number of hydrogen-bond donors (Lipinski definition) is 1. The summed E-state index contributed by atoms with van der Waals surface area (Å²) in [6, 6.07) is 19.0. The van der Waals surface area contributed by atoms with Crippen molar-refractivity contribution in [2.24, 2.45) is 0 Å².